The van der Waals surface area contributed by atoms with Crippen LogP contribution in [0.1, 0.15) is 52.5 Å². The van der Waals surface area contributed by atoms with Crippen molar-refractivity contribution in [1.29, 1.82) is 0 Å². The molecule has 2 atom stereocenters. The van der Waals surface area contributed by atoms with Crippen LogP contribution in [0.4, 0.5) is 5.69 Å². The van der Waals surface area contributed by atoms with Crippen molar-refractivity contribution in [3.63, 3.8) is 0 Å². The molecular weight excluding hydrogens is 382 g/mol. The van der Waals surface area contributed by atoms with E-state index in [1.165, 1.54) is 6.07 Å². The monoisotopic (exact) mass is 409 g/mol. The first-order chi connectivity index (χ1) is 14.2. The van der Waals surface area contributed by atoms with E-state index in [4.69, 9.17) is 5.73 Å². The summed E-state index contributed by atoms with van der Waals surface area (Å²) in [4.78, 5) is 38.6. The summed E-state index contributed by atoms with van der Waals surface area (Å²) in [5.41, 5.74) is 7.81. The van der Waals surface area contributed by atoms with Crippen LogP contribution >= 0.6 is 0 Å². The zero-order chi connectivity index (χ0) is 22.0. The Hall–Kier alpha value is -3.19. The van der Waals surface area contributed by atoms with Crippen LogP contribution in [0.25, 0.3) is 11.1 Å². The lowest BCUT2D eigenvalue weighted by molar-refractivity contribution is -0.121. The Bertz CT molecular complexity index is 1000. The summed E-state index contributed by atoms with van der Waals surface area (Å²) in [5, 5.41) is 12.9. The molecule has 3 rings (SSSR count). The highest BCUT2D eigenvalue weighted by Crippen LogP contribution is 2.35. The molecule has 1 unspecified atom stereocenters. The van der Waals surface area contributed by atoms with Crippen molar-refractivity contribution in [2.45, 2.75) is 45.2 Å². The minimum absolute atomic E-state index is 0.0675. The van der Waals surface area contributed by atoms with Gasteiger partial charge in [-0.05, 0) is 56.9 Å². The number of primary amides is 1. The number of aryl methyl sites for hydroxylation is 1. The number of carboxylic acid groups (broad SMARTS) is 1. The van der Waals surface area contributed by atoms with Gasteiger partial charge in [0.2, 0.25) is 11.8 Å². The van der Waals surface area contributed by atoms with Crippen LogP contribution in [0, 0.1) is 6.92 Å². The van der Waals surface area contributed by atoms with E-state index in [0.717, 1.165) is 24.8 Å². The molecule has 30 heavy (non-hydrogen) atoms. The number of carbonyl (C=O) groups is 3. The molecule has 0 saturated carbocycles. The van der Waals surface area contributed by atoms with E-state index in [1.807, 2.05) is 25.1 Å². The fraction of sp³-hybridized carbons (Fsp3) is 0.348. The summed E-state index contributed by atoms with van der Waals surface area (Å²) < 4.78 is 0. The Morgan fingerprint density at radius 1 is 1.13 bits per heavy atom. The Kier molecular flexibility index (Phi) is 6.22. The molecule has 2 aromatic carbocycles. The third-order valence-corrected chi connectivity index (χ3v) is 5.59. The molecule has 1 fully saturated rings. The van der Waals surface area contributed by atoms with Gasteiger partial charge in [0.05, 0.1) is 22.9 Å². The van der Waals surface area contributed by atoms with Gasteiger partial charge in [-0.2, -0.15) is 0 Å². The quantitative estimate of drug-likeness (QED) is 0.703. The minimum atomic E-state index is -1.23. The fourth-order valence-corrected chi connectivity index (χ4v) is 4.06. The second-order valence-corrected chi connectivity index (χ2v) is 7.87. The highest BCUT2D eigenvalue weighted by molar-refractivity contribution is 6.10. The number of piperidine rings is 1. The molecule has 7 nitrogen and oxygen atoms in total. The summed E-state index contributed by atoms with van der Waals surface area (Å²) >= 11 is 0. The van der Waals surface area contributed by atoms with Crippen molar-refractivity contribution < 1.29 is 19.5 Å². The van der Waals surface area contributed by atoms with Crippen LogP contribution in [0.2, 0.25) is 0 Å². The molecule has 7 heteroatoms. The zero-order valence-corrected chi connectivity index (χ0v) is 17.4. The van der Waals surface area contributed by atoms with Crippen molar-refractivity contribution >= 4 is 23.5 Å². The number of likely N-dealkylation sites (N-methyl/N-ethyl adjacent to an activating group) is 1. The molecule has 4 N–H and O–H groups in total. The third-order valence-electron chi connectivity index (χ3n) is 5.59. The van der Waals surface area contributed by atoms with Crippen molar-refractivity contribution in [3.8, 4) is 11.1 Å². The van der Waals surface area contributed by atoms with Crippen LogP contribution in [-0.4, -0.2) is 42.0 Å². The summed E-state index contributed by atoms with van der Waals surface area (Å²) in [6.45, 7) is 3.96. The van der Waals surface area contributed by atoms with Gasteiger partial charge >= 0.3 is 5.97 Å². The molecule has 2 aromatic rings. The van der Waals surface area contributed by atoms with E-state index in [-0.39, 0.29) is 29.1 Å². The number of carboxylic acids is 1. The van der Waals surface area contributed by atoms with Crippen molar-refractivity contribution in [2.75, 3.05) is 11.9 Å². The number of nitrogens with one attached hydrogen (secondary N) is 1. The predicted octanol–water partition coefficient (Wildman–Crippen LogP) is 2.95. The normalized spacial score (nSPS) is 18.6. The lowest BCUT2D eigenvalue weighted by Gasteiger charge is -2.32. The van der Waals surface area contributed by atoms with Gasteiger partial charge in [-0.3, -0.25) is 9.59 Å². The summed E-state index contributed by atoms with van der Waals surface area (Å²) in [6.07, 6.45) is 2.77. The van der Waals surface area contributed by atoms with Crippen LogP contribution in [0.5, 0.6) is 0 Å². The summed E-state index contributed by atoms with van der Waals surface area (Å²) in [7, 11) is 1.70. The summed E-state index contributed by atoms with van der Waals surface area (Å²) in [5.74, 6) is -2.13. The van der Waals surface area contributed by atoms with Crippen molar-refractivity contribution in [1.82, 2.24) is 5.32 Å². The van der Waals surface area contributed by atoms with Gasteiger partial charge < -0.3 is 21.1 Å². The van der Waals surface area contributed by atoms with E-state index >= 15 is 0 Å². The molecule has 1 aliphatic rings. The lowest BCUT2D eigenvalue weighted by Crippen LogP contribution is -2.50. The molecule has 158 valence electrons. The van der Waals surface area contributed by atoms with Gasteiger partial charge in [-0.1, -0.05) is 23.8 Å². The fourth-order valence-electron chi connectivity index (χ4n) is 4.06. The molecule has 2 amide bonds. The Balaban J connectivity index is 2.11. The number of amides is 2. The number of carbonyl (C=O) groups excluding carboxylic acids is 2. The number of hydrogen-bond donors (Lipinski definition) is 3. The molecule has 0 aromatic heterocycles. The second-order valence-electron chi connectivity index (χ2n) is 7.87. The number of nitrogens with two attached hydrogens (primary N) is 1. The van der Waals surface area contributed by atoms with Crippen molar-refractivity contribution in [3.05, 3.63) is 53.1 Å². The average Bonchev–Trinajstić information content (AvgIpc) is 2.71. The number of nitrogens with zero attached hydrogens (tertiary/aromatic N) is 1. The predicted molar refractivity (Wildman–Crippen MR) is 116 cm³/mol. The molecule has 1 saturated heterocycles. The average molecular weight is 409 g/mol. The highest BCUT2D eigenvalue weighted by atomic mass is 16.4. The van der Waals surface area contributed by atoms with E-state index in [1.54, 1.807) is 24.1 Å². The molecule has 1 heterocycles. The van der Waals surface area contributed by atoms with Crippen LogP contribution in [0.3, 0.4) is 0 Å². The number of hydrogen-bond acceptors (Lipinski definition) is 4. The summed E-state index contributed by atoms with van der Waals surface area (Å²) in [6, 6.07) is 10.1. The van der Waals surface area contributed by atoms with E-state index < -0.39 is 11.9 Å². The topological polar surface area (TPSA) is 113 Å². The SMILES string of the molecule is Cc1ccc(N(C)C(=O)[C@H]2CCCC(C)N2)c(-c2cccc(C(=O)O)c2C(N)=O)c1. The molecule has 0 radical (unpaired) electrons. The first kappa shape index (κ1) is 21.5. The molecule has 0 spiro atoms. The Morgan fingerprint density at radius 2 is 1.87 bits per heavy atom. The molecule has 0 bridgehead atoms. The number of anilines is 1. The Morgan fingerprint density at radius 3 is 2.50 bits per heavy atom. The number of rotatable bonds is 5. The maximum atomic E-state index is 13.2. The van der Waals surface area contributed by atoms with Gasteiger partial charge in [-0.25, -0.2) is 4.79 Å². The van der Waals surface area contributed by atoms with Gasteiger partial charge in [-0.15, -0.1) is 0 Å². The van der Waals surface area contributed by atoms with Crippen molar-refractivity contribution in [2.24, 2.45) is 5.73 Å². The maximum Gasteiger partial charge on any atom is 0.336 e. The van der Waals surface area contributed by atoms with Gasteiger partial charge in [0.25, 0.3) is 0 Å². The first-order valence-electron chi connectivity index (χ1n) is 10.0. The maximum absolute atomic E-state index is 13.2. The largest absolute Gasteiger partial charge is 0.478 e. The zero-order valence-electron chi connectivity index (χ0n) is 17.4. The molecular formula is C23H27N3O4. The standard InChI is InChI=1S/C23H27N3O4/c1-13-10-11-19(26(3)22(28)18-9-4-6-14(2)25-18)17(12-13)15-7-5-8-16(23(29)30)20(15)21(24)27/h5,7-8,10-12,14,18,25H,4,6,9H2,1-3H3,(H2,24,27)(H,29,30)/t14?,18-/m1/s1. The number of aromatic carboxylic acids is 1. The number of benzene rings is 2. The molecule has 0 aliphatic carbocycles. The minimum Gasteiger partial charge on any atom is -0.478 e. The van der Waals surface area contributed by atoms with Crippen LogP contribution < -0.4 is 16.0 Å². The smallest absolute Gasteiger partial charge is 0.336 e. The third kappa shape index (κ3) is 4.21. The first-order valence-corrected chi connectivity index (χ1v) is 10.0. The van der Waals surface area contributed by atoms with E-state index in [2.05, 4.69) is 12.2 Å². The van der Waals surface area contributed by atoms with Gasteiger partial charge in [0.15, 0.2) is 0 Å². The molecule has 1 aliphatic heterocycles. The van der Waals surface area contributed by atoms with E-state index in [0.29, 0.717) is 16.8 Å². The van der Waals surface area contributed by atoms with Crippen LogP contribution in [0.15, 0.2) is 36.4 Å². The highest BCUT2D eigenvalue weighted by Gasteiger charge is 2.29. The van der Waals surface area contributed by atoms with Gasteiger partial charge in [0, 0.05) is 18.7 Å². The second kappa shape index (κ2) is 8.67. The van der Waals surface area contributed by atoms with Crippen LogP contribution in [-0.2, 0) is 4.79 Å². The lowest BCUT2D eigenvalue weighted by atomic mass is 9.92. The van der Waals surface area contributed by atoms with E-state index in [9.17, 15) is 19.5 Å². The Labute approximate surface area is 175 Å². The van der Waals surface area contributed by atoms with Gasteiger partial charge in [0.1, 0.15) is 0 Å².